The third-order valence-electron chi connectivity index (χ3n) is 9.71. The number of aliphatic hydroxyl groups excluding tert-OH is 7. The van der Waals surface area contributed by atoms with Crippen molar-refractivity contribution in [3.8, 4) is 0 Å². The minimum absolute atomic E-state index is 0.108. The van der Waals surface area contributed by atoms with Gasteiger partial charge in [0.05, 0.1) is 43.2 Å². The van der Waals surface area contributed by atoms with E-state index in [0.29, 0.717) is 19.3 Å². The van der Waals surface area contributed by atoms with Crippen LogP contribution >= 0.6 is 0 Å². The molecule has 13 heteroatoms. The number of hydrogen-bond acceptors (Lipinski definition) is 13. The molecule has 4 aliphatic rings. The smallest absolute Gasteiger partial charge is 0.187 e. The Morgan fingerprint density at radius 1 is 0.524 bits per heavy atom. The van der Waals surface area contributed by atoms with E-state index in [0.717, 1.165) is 0 Å². The molecule has 0 aromatic rings. The summed E-state index contributed by atoms with van der Waals surface area (Å²) in [5, 5.41) is 74.4. The lowest BCUT2D eigenvalue weighted by Crippen LogP contribution is -2.59. The quantitative estimate of drug-likeness (QED) is 0.173. The van der Waals surface area contributed by atoms with Gasteiger partial charge in [0.25, 0.3) is 0 Å². The van der Waals surface area contributed by atoms with Gasteiger partial charge in [-0.2, -0.15) is 0 Å². The number of hydrogen-bond donors (Lipinski definition) is 7. The van der Waals surface area contributed by atoms with Crippen LogP contribution in [-0.2, 0) is 28.4 Å². The van der Waals surface area contributed by atoms with E-state index in [1.165, 1.54) is 0 Å². The van der Waals surface area contributed by atoms with E-state index in [-0.39, 0.29) is 11.8 Å². The highest BCUT2D eigenvalue weighted by Gasteiger charge is 2.53. The fourth-order valence-corrected chi connectivity index (χ4v) is 6.79. The molecule has 0 aromatic heterocycles. The Labute approximate surface area is 247 Å². The first-order valence-electron chi connectivity index (χ1n) is 15.5. The summed E-state index contributed by atoms with van der Waals surface area (Å²) in [5.41, 5.74) is 0. The summed E-state index contributed by atoms with van der Waals surface area (Å²) >= 11 is 0. The standard InChI is InChI=1S/C29H52O13/c1-7-15-21(34)19(32)13(5)27(37-15)40-24-12(4)9-11(3)18(31)26(24)42-29-23(36)25(17(10-30)39-29)41-28-14(6)20(33)22(35)16(8-2)38-28/h11-36H,7-10H2,1-6H3/t11?,12-,13?,14+,15+,16?,17?,18?,19+,20?,21?,22+,23+,24?,25+,26?,27?,28+,29?/m0/s1. The molecule has 0 bridgehead atoms. The van der Waals surface area contributed by atoms with Crippen LogP contribution in [0.4, 0.5) is 0 Å². The Morgan fingerprint density at radius 3 is 1.45 bits per heavy atom. The van der Waals surface area contributed by atoms with Crippen LogP contribution in [0.15, 0.2) is 0 Å². The van der Waals surface area contributed by atoms with E-state index in [4.69, 9.17) is 28.4 Å². The molecule has 13 nitrogen and oxygen atoms in total. The van der Waals surface area contributed by atoms with Crippen molar-refractivity contribution in [2.24, 2.45) is 23.7 Å². The lowest BCUT2D eigenvalue weighted by atomic mass is 9.77. The summed E-state index contributed by atoms with van der Waals surface area (Å²) in [6.07, 6.45) is -13.4. The second-order valence-corrected chi connectivity index (χ2v) is 12.8. The van der Waals surface area contributed by atoms with Gasteiger partial charge >= 0.3 is 0 Å². The fourth-order valence-electron chi connectivity index (χ4n) is 6.79. The van der Waals surface area contributed by atoms with Crippen LogP contribution < -0.4 is 0 Å². The maximum Gasteiger partial charge on any atom is 0.187 e. The molecule has 3 saturated heterocycles. The zero-order valence-electron chi connectivity index (χ0n) is 25.4. The van der Waals surface area contributed by atoms with E-state index in [9.17, 15) is 35.7 Å². The van der Waals surface area contributed by atoms with Crippen molar-refractivity contribution in [2.75, 3.05) is 6.61 Å². The highest BCUT2D eigenvalue weighted by Crippen LogP contribution is 2.40. The number of aliphatic hydroxyl groups is 7. The highest BCUT2D eigenvalue weighted by atomic mass is 16.8. The first-order chi connectivity index (χ1) is 19.8. The Hall–Kier alpha value is -0.520. The average Bonchev–Trinajstić information content (AvgIpc) is 3.27. The first-order valence-corrected chi connectivity index (χ1v) is 15.5. The van der Waals surface area contributed by atoms with Gasteiger partial charge in [-0.05, 0) is 31.1 Å². The second kappa shape index (κ2) is 14.3. The maximum absolute atomic E-state index is 11.3. The lowest BCUT2D eigenvalue weighted by Gasteiger charge is -2.47. The van der Waals surface area contributed by atoms with Crippen LogP contribution in [0.25, 0.3) is 0 Å². The van der Waals surface area contributed by atoms with Gasteiger partial charge in [-0.25, -0.2) is 0 Å². The van der Waals surface area contributed by atoms with Gasteiger partial charge in [0.15, 0.2) is 18.9 Å². The third kappa shape index (κ3) is 6.69. The van der Waals surface area contributed by atoms with Crippen molar-refractivity contribution < 1.29 is 64.2 Å². The van der Waals surface area contributed by atoms with Crippen LogP contribution in [0.2, 0.25) is 0 Å². The molecule has 0 spiro atoms. The summed E-state index contributed by atoms with van der Waals surface area (Å²) in [5.74, 6) is -1.47. The van der Waals surface area contributed by atoms with E-state index < -0.39 is 111 Å². The van der Waals surface area contributed by atoms with Crippen LogP contribution in [0.5, 0.6) is 0 Å². The largest absolute Gasteiger partial charge is 0.394 e. The zero-order valence-corrected chi connectivity index (χ0v) is 25.4. The Bertz CT molecular complexity index is 846. The molecule has 0 amide bonds. The van der Waals surface area contributed by atoms with Gasteiger partial charge in [-0.15, -0.1) is 0 Å². The van der Waals surface area contributed by atoms with Crippen molar-refractivity contribution in [2.45, 2.75) is 153 Å². The molecule has 246 valence electrons. The molecule has 1 aliphatic carbocycles. The van der Waals surface area contributed by atoms with E-state index in [2.05, 4.69) is 0 Å². The predicted molar refractivity (Wildman–Crippen MR) is 146 cm³/mol. The van der Waals surface area contributed by atoms with Crippen LogP contribution in [0, 0.1) is 23.7 Å². The summed E-state index contributed by atoms with van der Waals surface area (Å²) < 4.78 is 36.4. The SMILES string of the molecule is CCC1O[C@H](O[C@@H]2C(CO)OC(OC3C(O)C(C)C[C@H](C)C3OC3O[C@H](CC)C(O)[C@H](O)C3C)[C@@H]2O)[C@H](C)C(O)[C@@H]1O. The average molecular weight is 609 g/mol. The second-order valence-electron chi connectivity index (χ2n) is 12.8. The van der Waals surface area contributed by atoms with Gasteiger partial charge < -0.3 is 64.2 Å². The molecule has 11 unspecified atom stereocenters. The van der Waals surface area contributed by atoms with Gasteiger partial charge in [0.2, 0.25) is 0 Å². The minimum atomic E-state index is -1.39. The Balaban J connectivity index is 1.50. The number of ether oxygens (including phenoxy) is 6. The molecule has 7 N–H and O–H groups in total. The molecule has 3 heterocycles. The molecule has 4 rings (SSSR count). The summed E-state index contributed by atoms with van der Waals surface area (Å²) in [6.45, 7) is 10.4. The fraction of sp³-hybridized carbons (Fsp3) is 1.00. The van der Waals surface area contributed by atoms with Crippen LogP contribution in [-0.4, -0.2) is 134 Å². The molecule has 1 saturated carbocycles. The van der Waals surface area contributed by atoms with Crippen molar-refractivity contribution in [1.29, 1.82) is 0 Å². The molecular formula is C29H52O13. The molecule has 0 radical (unpaired) electrons. The third-order valence-corrected chi connectivity index (χ3v) is 9.71. The van der Waals surface area contributed by atoms with Crippen LogP contribution in [0.3, 0.4) is 0 Å². The number of rotatable bonds is 9. The Morgan fingerprint density at radius 2 is 0.976 bits per heavy atom. The van der Waals surface area contributed by atoms with E-state index in [1.54, 1.807) is 13.8 Å². The van der Waals surface area contributed by atoms with Gasteiger partial charge in [-0.1, -0.05) is 41.5 Å². The topological polar surface area (TPSA) is 197 Å². The molecule has 4 fully saturated rings. The van der Waals surface area contributed by atoms with E-state index in [1.807, 2.05) is 27.7 Å². The summed E-state index contributed by atoms with van der Waals surface area (Å²) in [6, 6.07) is 0. The van der Waals surface area contributed by atoms with Crippen molar-refractivity contribution in [3.63, 3.8) is 0 Å². The zero-order chi connectivity index (χ0) is 31.0. The van der Waals surface area contributed by atoms with Gasteiger partial charge in [0, 0.05) is 11.8 Å². The van der Waals surface area contributed by atoms with Crippen molar-refractivity contribution in [1.82, 2.24) is 0 Å². The molecule has 19 atom stereocenters. The Kier molecular flexibility index (Phi) is 11.7. The van der Waals surface area contributed by atoms with Gasteiger partial charge in [0.1, 0.15) is 36.6 Å². The van der Waals surface area contributed by atoms with Crippen molar-refractivity contribution >= 4 is 0 Å². The highest BCUT2D eigenvalue weighted by molar-refractivity contribution is 4.97. The monoisotopic (exact) mass is 608 g/mol. The summed E-state index contributed by atoms with van der Waals surface area (Å²) in [4.78, 5) is 0. The maximum atomic E-state index is 11.3. The molecule has 3 aliphatic heterocycles. The van der Waals surface area contributed by atoms with Gasteiger partial charge in [-0.3, -0.25) is 0 Å². The van der Waals surface area contributed by atoms with Crippen LogP contribution in [0.1, 0.15) is 60.8 Å². The lowest BCUT2D eigenvalue weighted by molar-refractivity contribution is -0.325. The summed E-state index contributed by atoms with van der Waals surface area (Å²) in [7, 11) is 0. The minimum Gasteiger partial charge on any atom is -0.394 e. The van der Waals surface area contributed by atoms with Crippen molar-refractivity contribution in [3.05, 3.63) is 0 Å². The molecule has 42 heavy (non-hydrogen) atoms. The molecule has 0 aromatic carbocycles. The molecular weight excluding hydrogens is 556 g/mol. The normalized spacial score (nSPS) is 53.8. The predicted octanol–water partition coefficient (Wildman–Crippen LogP) is -0.757. The first kappa shape index (κ1) is 34.4. The van der Waals surface area contributed by atoms with E-state index >= 15 is 0 Å².